The number of carboxylic acids is 2. The summed E-state index contributed by atoms with van der Waals surface area (Å²) in [5.41, 5.74) is 2.74. The second-order valence-electron chi connectivity index (χ2n) is 4.68. The van der Waals surface area contributed by atoms with Gasteiger partial charge in [0.15, 0.2) is 0 Å². The molecule has 0 spiro atoms. The monoisotopic (exact) mass is 362 g/mol. The Morgan fingerprint density at radius 1 is 0.696 bits per heavy atom. The molecule has 0 radical (unpaired) electrons. The molecule has 5 heteroatoms. The molecule has 2 aromatic carbocycles. The van der Waals surface area contributed by atoms with Crippen LogP contribution in [0.4, 0.5) is 0 Å². The van der Waals surface area contributed by atoms with E-state index in [2.05, 4.69) is 0 Å². The van der Waals surface area contributed by atoms with Crippen molar-refractivity contribution in [3.05, 3.63) is 70.8 Å². The molecule has 0 aliphatic rings. The molecule has 23 heavy (non-hydrogen) atoms. The molecule has 0 saturated carbocycles. The van der Waals surface area contributed by atoms with Gasteiger partial charge in [0.05, 0.1) is 11.9 Å². The van der Waals surface area contributed by atoms with Crippen molar-refractivity contribution in [2.75, 3.05) is 0 Å². The van der Waals surface area contributed by atoms with Crippen LogP contribution < -0.4 is 10.2 Å². The summed E-state index contributed by atoms with van der Waals surface area (Å²) in [7, 11) is 0. The molecule has 0 aromatic heterocycles. The van der Waals surface area contributed by atoms with Gasteiger partial charge in [-0.2, -0.15) is 0 Å². The summed E-state index contributed by atoms with van der Waals surface area (Å²) >= 11 is 0. The van der Waals surface area contributed by atoms with Gasteiger partial charge < -0.3 is 19.8 Å². The molecule has 0 atom stereocenters. The quantitative estimate of drug-likeness (QED) is 0.765. The fourth-order valence-electron chi connectivity index (χ4n) is 1.75. The number of aryl methyl sites for hydroxylation is 2. The van der Waals surface area contributed by atoms with Gasteiger partial charge in [0, 0.05) is 0 Å². The molecule has 0 fully saturated rings. The molecule has 0 aliphatic heterocycles. The van der Waals surface area contributed by atoms with E-state index in [9.17, 15) is 19.8 Å². The zero-order valence-corrected chi connectivity index (χ0v) is 16.3. The van der Waals surface area contributed by atoms with Crippen molar-refractivity contribution < 1.29 is 39.3 Å². The van der Waals surface area contributed by atoms with Crippen LogP contribution >= 0.6 is 0 Å². The molecule has 2 rings (SSSR count). The molecule has 116 valence electrons. The van der Waals surface area contributed by atoms with Crippen LogP contribution in [-0.4, -0.2) is 11.9 Å². The molecule has 0 amide bonds. The minimum atomic E-state index is -1.12. The Morgan fingerprint density at radius 2 is 0.957 bits per heavy atom. The summed E-state index contributed by atoms with van der Waals surface area (Å²) in [6.07, 6.45) is 1.85. The third-order valence-corrected chi connectivity index (χ3v) is 3.20. The van der Waals surface area contributed by atoms with Gasteiger partial charge in [0.1, 0.15) is 0 Å². The predicted molar refractivity (Wildman–Crippen MR) is 80.3 cm³/mol. The van der Waals surface area contributed by atoms with Gasteiger partial charge in [-0.15, -0.1) is 0 Å². The van der Waals surface area contributed by atoms with Crippen molar-refractivity contribution in [1.82, 2.24) is 0 Å². The number of carboxylic acid groups (broad SMARTS) is 2. The molecule has 0 N–H and O–H groups in total. The van der Waals surface area contributed by atoms with Crippen molar-refractivity contribution >= 4 is 11.9 Å². The number of rotatable bonds is 4. The van der Waals surface area contributed by atoms with Gasteiger partial charge in [-0.1, -0.05) is 62.4 Å². The molecule has 2 aromatic rings. The standard InChI is InChI=1S/2C9H10O2.Zn/c2*1-2-7-3-5-8(6-4-7)9(10)11;/h2*3-6H,2H2,1H3,(H,10,11);/q;;+2/p-2. The first-order chi connectivity index (χ1) is 10.5. The zero-order chi connectivity index (χ0) is 16.5. The third kappa shape index (κ3) is 7.20. The number of aromatic carboxylic acids is 2. The second-order valence-corrected chi connectivity index (χ2v) is 4.68. The van der Waals surface area contributed by atoms with Crippen LogP contribution in [0.2, 0.25) is 0 Å². The van der Waals surface area contributed by atoms with Gasteiger partial charge in [-0.3, -0.25) is 0 Å². The summed E-state index contributed by atoms with van der Waals surface area (Å²) < 4.78 is 0. The Morgan fingerprint density at radius 3 is 1.13 bits per heavy atom. The second kappa shape index (κ2) is 10.7. The fourth-order valence-corrected chi connectivity index (χ4v) is 1.75. The number of carbonyl (C=O) groups is 2. The topological polar surface area (TPSA) is 80.3 Å². The molecule has 4 nitrogen and oxygen atoms in total. The molecule has 0 heterocycles. The average molecular weight is 364 g/mol. The Kier molecular flexibility index (Phi) is 9.76. The predicted octanol–water partition coefficient (Wildman–Crippen LogP) is 1.22. The first kappa shape index (κ1) is 21.0. The molecular formula is C18H18O4Zn. The Labute approximate surface area is 148 Å². The summed E-state index contributed by atoms with van der Waals surface area (Å²) in [5.74, 6) is -2.24. The maximum Gasteiger partial charge on any atom is 2.00 e. The van der Waals surface area contributed by atoms with Crippen LogP contribution in [0.15, 0.2) is 48.5 Å². The van der Waals surface area contributed by atoms with E-state index in [1.165, 1.54) is 0 Å². The first-order valence-electron chi connectivity index (χ1n) is 7.08. The van der Waals surface area contributed by atoms with Crippen molar-refractivity contribution in [3.8, 4) is 0 Å². The van der Waals surface area contributed by atoms with E-state index in [4.69, 9.17) is 0 Å². The Bertz CT molecular complexity index is 561. The van der Waals surface area contributed by atoms with Gasteiger partial charge in [0.2, 0.25) is 0 Å². The summed E-state index contributed by atoms with van der Waals surface area (Å²) in [6, 6.07) is 13.4. The SMILES string of the molecule is CCc1ccc(C(=O)[O-])cc1.CCc1ccc(C(=O)[O-])cc1.[Zn+2]. The molecule has 0 bridgehead atoms. The van der Waals surface area contributed by atoms with Crippen LogP contribution in [-0.2, 0) is 32.3 Å². The minimum absolute atomic E-state index is 0. The van der Waals surface area contributed by atoms with E-state index in [0.717, 1.165) is 24.0 Å². The molecule has 0 saturated heterocycles. The van der Waals surface area contributed by atoms with Crippen molar-refractivity contribution in [2.45, 2.75) is 26.7 Å². The van der Waals surface area contributed by atoms with E-state index < -0.39 is 11.9 Å². The van der Waals surface area contributed by atoms with E-state index >= 15 is 0 Å². The van der Waals surface area contributed by atoms with E-state index in [0.29, 0.717) is 0 Å². The maximum absolute atomic E-state index is 10.3. The van der Waals surface area contributed by atoms with Crippen LogP contribution in [0.1, 0.15) is 45.7 Å². The molecular weight excluding hydrogens is 346 g/mol. The average Bonchev–Trinajstić information content (AvgIpc) is 2.55. The zero-order valence-electron chi connectivity index (χ0n) is 13.4. The van der Waals surface area contributed by atoms with Crippen molar-refractivity contribution in [1.29, 1.82) is 0 Å². The van der Waals surface area contributed by atoms with Crippen LogP contribution in [0.25, 0.3) is 0 Å². The van der Waals surface area contributed by atoms with Crippen LogP contribution in [0.3, 0.4) is 0 Å². The van der Waals surface area contributed by atoms with Crippen molar-refractivity contribution in [2.24, 2.45) is 0 Å². The smallest absolute Gasteiger partial charge is 0.545 e. The maximum atomic E-state index is 10.3. The third-order valence-electron chi connectivity index (χ3n) is 3.20. The summed E-state index contributed by atoms with van der Waals surface area (Å²) in [6.45, 7) is 4.04. The summed E-state index contributed by atoms with van der Waals surface area (Å²) in [5, 5.41) is 20.6. The molecule has 0 unspecified atom stereocenters. The Hall–Kier alpha value is -2.00. The minimum Gasteiger partial charge on any atom is -0.545 e. The van der Waals surface area contributed by atoms with Gasteiger partial charge in [-0.05, 0) is 35.1 Å². The first-order valence-corrected chi connectivity index (χ1v) is 7.08. The van der Waals surface area contributed by atoms with E-state index in [1.54, 1.807) is 48.5 Å². The van der Waals surface area contributed by atoms with E-state index in [-0.39, 0.29) is 30.6 Å². The molecule has 0 aliphatic carbocycles. The van der Waals surface area contributed by atoms with Gasteiger partial charge in [0.25, 0.3) is 0 Å². The largest absolute Gasteiger partial charge is 2.00 e. The number of benzene rings is 2. The van der Waals surface area contributed by atoms with Gasteiger partial charge >= 0.3 is 19.5 Å². The number of carbonyl (C=O) groups excluding carboxylic acids is 2. The fraction of sp³-hybridized carbons (Fsp3) is 0.222. The Balaban J connectivity index is 0.000000403. The van der Waals surface area contributed by atoms with Crippen LogP contribution in [0, 0.1) is 0 Å². The summed E-state index contributed by atoms with van der Waals surface area (Å²) in [4.78, 5) is 20.6. The van der Waals surface area contributed by atoms with E-state index in [1.807, 2.05) is 13.8 Å². The van der Waals surface area contributed by atoms with Crippen molar-refractivity contribution in [3.63, 3.8) is 0 Å². The number of hydrogen-bond acceptors (Lipinski definition) is 4. The van der Waals surface area contributed by atoms with Gasteiger partial charge in [-0.25, -0.2) is 0 Å². The normalized spacial score (nSPS) is 9.13. The van der Waals surface area contributed by atoms with Crippen LogP contribution in [0.5, 0.6) is 0 Å². The number of hydrogen-bond donors (Lipinski definition) is 0.